The standard InChI is InChI=1S/C34H67N2O6P/c1-6-8-10-12-13-14-15-16-17-18-19-20-21-22-23-24-25-27-33(37)32(35-34(38)28-26-11-9-7-2)31-42-43(39,40)41-30-29-36(3,4)5/h21-22,25,27,32-33,37H,6-20,23-24,26,28-31H2,1-5H3,(H-,35,38,39,40)/b22-21+,27-25+. The second kappa shape index (κ2) is 27.3. The highest BCUT2D eigenvalue weighted by atomic mass is 31.2. The van der Waals surface area contributed by atoms with Gasteiger partial charge in [0.1, 0.15) is 13.2 Å². The summed E-state index contributed by atoms with van der Waals surface area (Å²) in [4.78, 5) is 24.7. The maximum atomic E-state index is 12.5. The molecule has 3 atom stereocenters. The molecule has 0 aliphatic carbocycles. The number of phosphoric ester groups is 1. The number of phosphoric acid groups is 1. The zero-order chi connectivity index (χ0) is 32.2. The van der Waals surface area contributed by atoms with Crippen molar-refractivity contribution in [3.8, 4) is 0 Å². The monoisotopic (exact) mass is 630 g/mol. The second-order valence-corrected chi connectivity index (χ2v) is 14.3. The zero-order valence-corrected chi connectivity index (χ0v) is 29.3. The molecule has 254 valence electrons. The third kappa shape index (κ3) is 29.5. The molecular weight excluding hydrogens is 563 g/mol. The van der Waals surface area contributed by atoms with Crippen LogP contribution in [0.1, 0.15) is 136 Å². The van der Waals surface area contributed by atoms with Gasteiger partial charge in [0, 0.05) is 6.42 Å². The van der Waals surface area contributed by atoms with Gasteiger partial charge in [0.15, 0.2) is 0 Å². The van der Waals surface area contributed by atoms with Crippen LogP contribution in [0.15, 0.2) is 24.3 Å². The first-order chi connectivity index (χ1) is 20.5. The number of unbranched alkanes of at least 4 members (excludes halogenated alkanes) is 15. The third-order valence-electron chi connectivity index (χ3n) is 7.41. The van der Waals surface area contributed by atoms with Crippen molar-refractivity contribution < 1.29 is 32.9 Å². The Morgan fingerprint density at radius 3 is 1.88 bits per heavy atom. The number of carbonyl (C=O) groups excluding carboxylic acids is 1. The molecular formula is C34H67N2O6P. The summed E-state index contributed by atoms with van der Waals surface area (Å²) < 4.78 is 22.8. The van der Waals surface area contributed by atoms with E-state index in [-0.39, 0.29) is 12.5 Å². The minimum absolute atomic E-state index is 0.00599. The highest BCUT2D eigenvalue weighted by Gasteiger charge is 2.23. The van der Waals surface area contributed by atoms with Crippen LogP contribution in [0.3, 0.4) is 0 Å². The van der Waals surface area contributed by atoms with Crippen molar-refractivity contribution in [1.82, 2.24) is 5.32 Å². The van der Waals surface area contributed by atoms with Crippen molar-refractivity contribution in [1.29, 1.82) is 0 Å². The molecule has 0 radical (unpaired) electrons. The van der Waals surface area contributed by atoms with Gasteiger partial charge < -0.3 is 28.8 Å². The molecule has 0 fully saturated rings. The summed E-state index contributed by atoms with van der Waals surface area (Å²) in [5.74, 6) is -0.228. The normalized spacial score (nSPS) is 15.2. The van der Waals surface area contributed by atoms with Crippen molar-refractivity contribution >= 4 is 13.7 Å². The number of hydrogen-bond donors (Lipinski definition) is 2. The van der Waals surface area contributed by atoms with E-state index in [9.17, 15) is 19.4 Å². The van der Waals surface area contributed by atoms with Crippen LogP contribution in [-0.2, 0) is 18.4 Å². The first-order valence-electron chi connectivity index (χ1n) is 17.2. The van der Waals surface area contributed by atoms with Crippen LogP contribution in [0.2, 0.25) is 0 Å². The molecule has 1 amide bonds. The fourth-order valence-electron chi connectivity index (χ4n) is 4.58. The lowest BCUT2D eigenvalue weighted by Gasteiger charge is -2.29. The van der Waals surface area contributed by atoms with Gasteiger partial charge in [0.2, 0.25) is 5.91 Å². The summed E-state index contributed by atoms with van der Waals surface area (Å²) in [6, 6.07) is -0.893. The molecule has 8 nitrogen and oxygen atoms in total. The van der Waals surface area contributed by atoms with E-state index in [4.69, 9.17) is 9.05 Å². The number of nitrogens with one attached hydrogen (secondary N) is 1. The second-order valence-electron chi connectivity index (χ2n) is 12.9. The van der Waals surface area contributed by atoms with Crippen LogP contribution in [0.4, 0.5) is 0 Å². The Balaban J connectivity index is 4.43. The molecule has 0 heterocycles. The number of carbonyl (C=O) groups is 1. The van der Waals surface area contributed by atoms with Gasteiger partial charge in [-0.2, -0.15) is 0 Å². The van der Waals surface area contributed by atoms with Gasteiger partial charge in [-0.05, 0) is 32.1 Å². The highest BCUT2D eigenvalue weighted by Crippen LogP contribution is 2.38. The maximum Gasteiger partial charge on any atom is 0.268 e. The largest absolute Gasteiger partial charge is 0.756 e. The lowest BCUT2D eigenvalue weighted by atomic mass is 10.1. The Morgan fingerprint density at radius 2 is 1.30 bits per heavy atom. The minimum Gasteiger partial charge on any atom is -0.756 e. The number of aliphatic hydroxyl groups is 1. The van der Waals surface area contributed by atoms with Gasteiger partial charge in [-0.1, -0.05) is 122 Å². The number of aliphatic hydroxyl groups excluding tert-OH is 1. The van der Waals surface area contributed by atoms with E-state index >= 15 is 0 Å². The van der Waals surface area contributed by atoms with E-state index in [1.807, 2.05) is 27.2 Å². The van der Waals surface area contributed by atoms with Gasteiger partial charge in [-0.15, -0.1) is 0 Å². The fraction of sp³-hybridized carbons (Fsp3) is 0.853. The Bertz CT molecular complexity index is 768. The van der Waals surface area contributed by atoms with Gasteiger partial charge >= 0.3 is 0 Å². The van der Waals surface area contributed by atoms with Gasteiger partial charge in [-0.25, -0.2) is 0 Å². The molecule has 0 aliphatic heterocycles. The van der Waals surface area contributed by atoms with E-state index in [2.05, 4.69) is 31.3 Å². The average molecular weight is 631 g/mol. The van der Waals surface area contributed by atoms with Crippen LogP contribution in [0, 0.1) is 0 Å². The Kier molecular flexibility index (Phi) is 26.7. The molecule has 3 unspecified atom stereocenters. The summed E-state index contributed by atoms with van der Waals surface area (Å²) in [6.07, 6.45) is 28.5. The van der Waals surface area contributed by atoms with Crippen molar-refractivity contribution in [3.63, 3.8) is 0 Å². The van der Waals surface area contributed by atoms with Crippen LogP contribution in [0.25, 0.3) is 0 Å². The number of hydrogen-bond acceptors (Lipinski definition) is 6. The van der Waals surface area contributed by atoms with Crippen molar-refractivity contribution in [2.45, 2.75) is 148 Å². The van der Waals surface area contributed by atoms with E-state index in [1.54, 1.807) is 6.08 Å². The Morgan fingerprint density at radius 1 is 0.791 bits per heavy atom. The molecule has 0 bridgehead atoms. The van der Waals surface area contributed by atoms with E-state index < -0.39 is 26.6 Å². The predicted molar refractivity (Wildman–Crippen MR) is 178 cm³/mol. The molecule has 0 aromatic rings. The summed E-state index contributed by atoms with van der Waals surface area (Å²) in [7, 11) is 1.24. The number of nitrogens with zero attached hydrogens (tertiary/aromatic N) is 1. The molecule has 0 rings (SSSR count). The number of likely N-dealkylation sites (N-methyl/N-ethyl adjacent to an activating group) is 1. The van der Waals surface area contributed by atoms with Crippen LogP contribution in [-0.4, -0.2) is 68.5 Å². The summed E-state index contributed by atoms with van der Waals surface area (Å²) in [6.45, 7) is 4.46. The van der Waals surface area contributed by atoms with Crippen molar-refractivity contribution in [2.24, 2.45) is 0 Å². The quantitative estimate of drug-likeness (QED) is 0.0366. The first-order valence-corrected chi connectivity index (χ1v) is 18.7. The lowest BCUT2D eigenvalue weighted by Crippen LogP contribution is -2.45. The smallest absolute Gasteiger partial charge is 0.268 e. The summed E-state index contributed by atoms with van der Waals surface area (Å²) in [5.41, 5.74) is 0. The van der Waals surface area contributed by atoms with Gasteiger partial charge in [0.05, 0.1) is 39.9 Å². The molecule has 0 aliphatic rings. The predicted octanol–water partition coefficient (Wildman–Crippen LogP) is 7.60. The van der Waals surface area contributed by atoms with E-state index in [0.29, 0.717) is 17.4 Å². The van der Waals surface area contributed by atoms with Gasteiger partial charge in [-0.3, -0.25) is 9.36 Å². The SMILES string of the molecule is CCCCCCCCCCCCC/C=C/CC/C=C/C(O)C(COP(=O)([O-])OCC[N+](C)(C)C)NC(=O)CCCCCC. The third-order valence-corrected chi connectivity index (χ3v) is 8.38. The first kappa shape index (κ1) is 42.0. The topological polar surface area (TPSA) is 108 Å². The molecule has 0 saturated carbocycles. The highest BCUT2D eigenvalue weighted by molar-refractivity contribution is 7.45. The summed E-state index contributed by atoms with van der Waals surface area (Å²) >= 11 is 0. The number of amides is 1. The number of rotatable bonds is 30. The van der Waals surface area contributed by atoms with E-state index in [0.717, 1.165) is 44.9 Å². The molecule has 0 aromatic carbocycles. The van der Waals surface area contributed by atoms with Crippen molar-refractivity contribution in [3.05, 3.63) is 24.3 Å². The Hall–Kier alpha value is -1.02. The number of allylic oxidation sites excluding steroid dienone is 3. The van der Waals surface area contributed by atoms with Crippen LogP contribution >= 0.6 is 7.82 Å². The van der Waals surface area contributed by atoms with Gasteiger partial charge in [0.25, 0.3) is 7.82 Å². The van der Waals surface area contributed by atoms with Crippen LogP contribution < -0.4 is 10.2 Å². The number of quaternary nitrogens is 1. The zero-order valence-electron chi connectivity index (χ0n) is 28.4. The van der Waals surface area contributed by atoms with Crippen LogP contribution in [0.5, 0.6) is 0 Å². The molecule has 0 saturated heterocycles. The lowest BCUT2D eigenvalue weighted by molar-refractivity contribution is -0.870. The molecule has 43 heavy (non-hydrogen) atoms. The summed E-state index contributed by atoms with van der Waals surface area (Å²) in [5, 5.41) is 13.5. The molecule has 0 spiro atoms. The molecule has 9 heteroatoms. The molecule has 2 N–H and O–H groups in total. The average Bonchev–Trinajstić information content (AvgIpc) is 2.94. The fourth-order valence-corrected chi connectivity index (χ4v) is 5.30. The van der Waals surface area contributed by atoms with E-state index in [1.165, 1.54) is 70.6 Å². The maximum absolute atomic E-state index is 12.5. The van der Waals surface area contributed by atoms with Crippen molar-refractivity contribution in [2.75, 3.05) is 40.9 Å². The minimum atomic E-state index is -4.57. The Labute approximate surface area is 264 Å². The molecule has 0 aromatic heterocycles.